The van der Waals surface area contributed by atoms with Gasteiger partial charge in [0.1, 0.15) is 4.88 Å². The second-order valence-corrected chi connectivity index (χ2v) is 8.78. The van der Waals surface area contributed by atoms with Crippen LogP contribution in [-0.4, -0.2) is 32.1 Å². The first kappa shape index (κ1) is 20.7. The number of carbonyl (C=O) groups excluding carboxylic acids is 1. The van der Waals surface area contributed by atoms with E-state index in [0.29, 0.717) is 41.1 Å². The van der Waals surface area contributed by atoms with Gasteiger partial charge in [-0.05, 0) is 43.7 Å². The molecule has 1 amide bonds. The maximum absolute atomic E-state index is 13.3. The minimum absolute atomic E-state index is 0.101. The van der Waals surface area contributed by atoms with Gasteiger partial charge < -0.3 is 4.90 Å². The van der Waals surface area contributed by atoms with Crippen molar-refractivity contribution in [2.24, 2.45) is 7.05 Å². The molecule has 5 rings (SSSR count). The van der Waals surface area contributed by atoms with Gasteiger partial charge in [-0.15, -0.1) is 11.3 Å². The Kier molecular flexibility index (Phi) is 4.81. The van der Waals surface area contributed by atoms with Gasteiger partial charge in [0.05, 0.1) is 22.9 Å². The van der Waals surface area contributed by atoms with E-state index in [1.807, 2.05) is 31.2 Å². The van der Waals surface area contributed by atoms with E-state index in [4.69, 9.17) is 0 Å². The van der Waals surface area contributed by atoms with Crippen LogP contribution in [-0.2, 0) is 19.6 Å². The third kappa shape index (κ3) is 3.37. The summed E-state index contributed by atoms with van der Waals surface area (Å²) in [5.74, 6) is -0.101. The molecule has 0 aliphatic carbocycles. The number of aryl methyl sites for hydroxylation is 1. The number of carbonyl (C=O) groups is 1. The van der Waals surface area contributed by atoms with Crippen molar-refractivity contribution in [3.63, 3.8) is 0 Å². The fourth-order valence-electron chi connectivity index (χ4n) is 4.37. The van der Waals surface area contributed by atoms with Gasteiger partial charge in [0, 0.05) is 47.2 Å². The normalized spacial score (nSPS) is 16.4. The zero-order valence-electron chi connectivity index (χ0n) is 17.3. The van der Waals surface area contributed by atoms with Crippen LogP contribution >= 0.6 is 11.3 Å². The quantitative estimate of drug-likeness (QED) is 0.402. The van der Waals surface area contributed by atoms with Crippen molar-refractivity contribution in [3.8, 4) is 11.3 Å². The average molecular weight is 456 g/mol. The Morgan fingerprint density at radius 1 is 1.22 bits per heavy atom. The van der Waals surface area contributed by atoms with Crippen molar-refractivity contribution in [1.29, 1.82) is 0 Å². The molecule has 0 spiro atoms. The minimum Gasteiger partial charge on any atom is -0.330 e. The van der Waals surface area contributed by atoms with Crippen LogP contribution in [0.3, 0.4) is 0 Å². The van der Waals surface area contributed by atoms with Gasteiger partial charge in [-0.3, -0.25) is 14.5 Å². The number of alkyl halides is 3. The molecule has 32 heavy (non-hydrogen) atoms. The lowest BCUT2D eigenvalue weighted by Gasteiger charge is -2.33. The Morgan fingerprint density at radius 2 is 2.03 bits per heavy atom. The molecular formula is C23H19F3N4OS. The Morgan fingerprint density at radius 3 is 2.78 bits per heavy atom. The third-order valence-corrected chi connectivity index (χ3v) is 6.88. The van der Waals surface area contributed by atoms with Gasteiger partial charge in [0.25, 0.3) is 5.91 Å². The van der Waals surface area contributed by atoms with E-state index in [1.165, 1.54) is 11.4 Å². The largest absolute Gasteiger partial charge is 0.425 e. The summed E-state index contributed by atoms with van der Waals surface area (Å²) in [6, 6.07) is 10.1. The number of aromatic nitrogens is 3. The lowest BCUT2D eigenvalue weighted by atomic mass is 9.95. The molecule has 4 aromatic rings. The molecule has 0 unspecified atom stereocenters. The zero-order valence-corrected chi connectivity index (χ0v) is 18.2. The molecule has 0 saturated heterocycles. The molecule has 5 nitrogen and oxygen atoms in total. The second kappa shape index (κ2) is 7.44. The van der Waals surface area contributed by atoms with Crippen LogP contribution in [0.25, 0.3) is 22.2 Å². The summed E-state index contributed by atoms with van der Waals surface area (Å²) in [6.45, 7) is 2.37. The molecule has 164 valence electrons. The van der Waals surface area contributed by atoms with Gasteiger partial charge in [-0.2, -0.15) is 18.3 Å². The van der Waals surface area contributed by atoms with Gasteiger partial charge in [0.15, 0.2) is 0 Å². The highest BCUT2D eigenvalue weighted by molar-refractivity contribution is 7.10. The molecule has 1 atom stereocenters. The molecule has 4 heterocycles. The Bertz CT molecular complexity index is 1340. The van der Waals surface area contributed by atoms with Crippen molar-refractivity contribution in [2.45, 2.75) is 25.6 Å². The monoisotopic (exact) mass is 456 g/mol. The summed E-state index contributed by atoms with van der Waals surface area (Å²) in [5, 5.41) is 7.00. The number of hydrogen-bond donors (Lipinski definition) is 0. The Hall–Kier alpha value is -3.20. The van der Waals surface area contributed by atoms with E-state index in [0.717, 1.165) is 22.2 Å². The fourth-order valence-corrected chi connectivity index (χ4v) is 5.13. The van der Waals surface area contributed by atoms with Crippen molar-refractivity contribution in [3.05, 3.63) is 69.7 Å². The molecule has 1 aliphatic heterocycles. The molecule has 0 saturated carbocycles. The van der Waals surface area contributed by atoms with Crippen molar-refractivity contribution >= 4 is 28.1 Å². The number of hydrogen-bond acceptors (Lipinski definition) is 4. The number of amides is 1. The molecule has 0 radical (unpaired) electrons. The van der Waals surface area contributed by atoms with Gasteiger partial charge >= 0.3 is 6.18 Å². The maximum Gasteiger partial charge on any atom is 0.425 e. The zero-order chi connectivity index (χ0) is 22.6. The number of rotatable bonds is 2. The van der Waals surface area contributed by atoms with E-state index in [9.17, 15) is 18.0 Å². The van der Waals surface area contributed by atoms with E-state index in [-0.39, 0.29) is 11.9 Å². The molecule has 1 aliphatic rings. The topological polar surface area (TPSA) is 51.0 Å². The van der Waals surface area contributed by atoms with E-state index < -0.39 is 11.1 Å². The predicted molar refractivity (Wildman–Crippen MR) is 116 cm³/mol. The number of halogens is 3. The summed E-state index contributed by atoms with van der Waals surface area (Å²) in [6.07, 6.45) is -2.13. The fraction of sp³-hybridized carbons (Fsp3) is 0.261. The number of nitrogens with zero attached hydrogens (tertiary/aromatic N) is 4. The van der Waals surface area contributed by atoms with E-state index >= 15 is 0 Å². The molecule has 0 fully saturated rings. The molecule has 0 bridgehead atoms. The summed E-state index contributed by atoms with van der Waals surface area (Å²) in [4.78, 5) is 18.7. The summed E-state index contributed by atoms with van der Waals surface area (Å²) in [7, 11) is 1.73. The molecule has 0 N–H and O–H groups in total. The lowest BCUT2D eigenvalue weighted by molar-refractivity contribution is -0.134. The summed E-state index contributed by atoms with van der Waals surface area (Å²) < 4.78 is 40.9. The van der Waals surface area contributed by atoms with Crippen LogP contribution < -0.4 is 0 Å². The minimum atomic E-state index is -4.37. The second-order valence-electron chi connectivity index (χ2n) is 7.87. The van der Waals surface area contributed by atoms with Crippen molar-refractivity contribution in [2.75, 3.05) is 6.54 Å². The molecule has 3 aromatic heterocycles. The molecule has 9 heteroatoms. The van der Waals surface area contributed by atoms with Crippen LogP contribution in [0, 0.1) is 0 Å². The first-order chi connectivity index (χ1) is 15.2. The van der Waals surface area contributed by atoms with Crippen LogP contribution in [0.4, 0.5) is 13.2 Å². The van der Waals surface area contributed by atoms with Gasteiger partial charge in [-0.1, -0.05) is 6.07 Å². The number of fused-ring (bicyclic) bond motifs is 2. The van der Waals surface area contributed by atoms with Crippen LogP contribution in [0.15, 0.2) is 48.0 Å². The first-order valence-corrected chi connectivity index (χ1v) is 11.0. The highest BCUT2D eigenvalue weighted by Crippen LogP contribution is 2.41. The standard InChI is InChI=1S/C23H19F3N4OS/c1-13-20-17(21(29(2)28-20)16-11-19(32-12-16)23(24,25)26)7-9-30(13)22(31)15-5-6-18-14(10-15)4-3-8-27-18/h3-6,8,10-13H,7,9H2,1-2H3/t13-/m0/s1. The Balaban J connectivity index is 1.47. The highest BCUT2D eigenvalue weighted by atomic mass is 32.1. The Labute approximate surface area is 186 Å². The average Bonchev–Trinajstić information content (AvgIpc) is 3.37. The van der Waals surface area contributed by atoms with Crippen LogP contribution in [0.1, 0.15) is 39.5 Å². The molecule has 1 aromatic carbocycles. The van der Waals surface area contributed by atoms with Gasteiger partial charge in [0.2, 0.25) is 0 Å². The third-order valence-electron chi connectivity index (χ3n) is 5.91. The predicted octanol–water partition coefficient (Wildman–Crippen LogP) is 5.48. The van der Waals surface area contributed by atoms with Crippen molar-refractivity contribution in [1.82, 2.24) is 19.7 Å². The SMILES string of the molecule is C[C@H]1c2nn(C)c(-c3csc(C(F)(F)F)c3)c2CCN1C(=O)c1ccc2ncccc2c1. The number of pyridine rings is 1. The van der Waals surface area contributed by atoms with Gasteiger partial charge in [-0.25, -0.2) is 0 Å². The van der Waals surface area contributed by atoms with Crippen LogP contribution in [0.2, 0.25) is 0 Å². The summed E-state index contributed by atoms with van der Waals surface area (Å²) in [5.41, 5.74) is 4.21. The van der Waals surface area contributed by atoms with E-state index in [1.54, 1.807) is 28.9 Å². The number of thiophene rings is 1. The van der Waals surface area contributed by atoms with Crippen LogP contribution in [0.5, 0.6) is 0 Å². The summed E-state index contributed by atoms with van der Waals surface area (Å²) >= 11 is 0.683. The smallest absolute Gasteiger partial charge is 0.330 e. The number of benzene rings is 1. The first-order valence-electron chi connectivity index (χ1n) is 10.1. The highest BCUT2D eigenvalue weighted by Gasteiger charge is 2.36. The maximum atomic E-state index is 13.3. The lowest BCUT2D eigenvalue weighted by Crippen LogP contribution is -2.38. The van der Waals surface area contributed by atoms with Crippen molar-refractivity contribution < 1.29 is 18.0 Å². The van der Waals surface area contributed by atoms with E-state index in [2.05, 4.69) is 10.1 Å². The molecular weight excluding hydrogens is 437 g/mol.